The van der Waals surface area contributed by atoms with Crippen molar-refractivity contribution in [2.75, 3.05) is 11.1 Å². The number of hydrogen-bond donors (Lipinski definition) is 3. The molecule has 4 unspecified atom stereocenters. The van der Waals surface area contributed by atoms with Crippen LogP contribution in [0.1, 0.15) is 62.4 Å². The summed E-state index contributed by atoms with van der Waals surface area (Å²) in [6, 6.07) is 9.09. The Hall–Kier alpha value is -2.71. The van der Waals surface area contributed by atoms with Crippen molar-refractivity contribution in [2.45, 2.75) is 78.6 Å². The molecule has 2 aromatic rings. The standard InChI is InChI=1S/C29H38ClN3O4S/c1-16-11-12-20(18(3)13-16)25(26(34)32-24-17(2)9-8-10-21(24)30)33(23-14-19(23)4)27(35)22(15-38)31-28(36)37-29(5,6)7/h8-13,19,22-23,25,38H,14-15H2,1-7H3,(H,31,36)(H,32,34). The van der Waals surface area contributed by atoms with Crippen molar-refractivity contribution in [1.29, 1.82) is 0 Å². The topological polar surface area (TPSA) is 87.7 Å². The van der Waals surface area contributed by atoms with Gasteiger partial charge in [0.2, 0.25) is 5.91 Å². The summed E-state index contributed by atoms with van der Waals surface area (Å²) in [5, 5.41) is 6.05. The number of benzene rings is 2. The summed E-state index contributed by atoms with van der Waals surface area (Å²) in [7, 11) is 0. The maximum atomic E-state index is 14.1. The first-order valence-corrected chi connectivity index (χ1v) is 13.8. The molecule has 1 fully saturated rings. The van der Waals surface area contributed by atoms with Gasteiger partial charge in [0.15, 0.2) is 0 Å². The monoisotopic (exact) mass is 559 g/mol. The van der Waals surface area contributed by atoms with E-state index in [-0.39, 0.29) is 23.6 Å². The number of hydrogen-bond acceptors (Lipinski definition) is 5. The molecule has 7 nitrogen and oxygen atoms in total. The third-order valence-corrected chi connectivity index (χ3v) is 7.25. The first-order chi connectivity index (χ1) is 17.7. The van der Waals surface area contributed by atoms with Gasteiger partial charge in [-0.3, -0.25) is 9.59 Å². The average Bonchev–Trinajstić information content (AvgIpc) is 3.53. The molecule has 0 aliphatic heterocycles. The molecule has 2 N–H and O–H groups in total. The highest BCUT2D eigenvalue weighted by molar-refractivity contribution is 7.80. The van der Waals surface area contributed by atoms with Crippen LogP contribution >= 0.6 is 24.2 Å². The van der Waals surface area contributed by atoms with Crippen LogP contribution in [0.5, 0.6) is 0 Å². The van der Waals surface area contributed by atoms with Crippen molar-refractivity contribution in [2.24, 2.45) is 5.92 Å². The number of rotatable bonds is 8. The van der Waals surface area contributed by atoms with Crippen molar-refractivity contribution < 1.29 is 19.1 Å². The van der Waals surface area contributed by atoms with Gasteiger partial charge in [0, 0.05) is 11.8 Å². The lowest BCUT2D eigenvalue weighted by molar-refractivity contribution is -0.141. The number of carbonyl (C=O) groups is 3. The Labute approximate surface area is 236 Å². The SMILES string of the molecule is Cc1ccc(C(C(=O)Nc2c(C)cccc2Cl)N(C(=O)C(CS)NC(=O)OC(C)(C)C)C2CC2C)c(C)c1. The number of ether oxygens (including phenoxy) is 1. The molecular formula is C29H38ClN3O4S. The van der Waals surface area contributed by atoms with Gasteiger partial charge in [0.1, 0.15) is 17.7 Å². The fourth-order valence-electron chi connectivity index (χ4n) is 4.52. The second-order valence-electron chi connectivity index (χ2n) is 11.1. The lowest BCUT2D eigenvalue weighted by atomic mass is 9.96. The van der Waals surface area contributed by atoms with Crippen LogP contribution in [0.15, 0.2) is 36.4 Å². The normalized spacial score (nSPS) is 18.2. The minimum absolute atomic E-state index is 0.0422. The van der Waals surface area contributed by atoms with E-state index in [1.165, 1.54) is 0 Å². The summed E-state index contributed by atoms with van der Waals surface area (Å²) in [5.74, 6) is -0.531. The van der Waals surface area contributed by atoms with E-state index in [1.807, 2.05) is 58.0 Å². The van der Waals surface area contributed by atoms with Crippen LogP contribution in [0.25, 0.3) is 0 Å². The number of alkyl carbamates (subject to hydrolysis) is 1. The van der Waals surface area contributed by atoms with E-state index in [2.05, 4.69) is 23.3 Å². The summed E-state index contributed by atoms with van der Waals surface area (Å²) in [5.41, 5.74) is 3.22. The highest BCUT2D eigenvalue weighted by Crippen LogP contribution is 2.42. The van der Waals surface area contributed by atoms with Crippen molar-refractivity contribution in [3.8, 4) is 0 Å². The molecule has 0 saturated heterocycles. The fraction of sp³-hybridized carbons (Fsp3) is 0.483. The Balaban J connectivity index is 2.05. The second kappa shape index (κ2) is 12.0. The number of thiol groups is 1. The number of amides is 3. The number of carbonyl (C=O) groups excluding carboxylic acids is 3. The zero-order valence-corrected chi connectivity index (χ0v) is 24.7. The lowest BCUT2D eigenvalue weighted by Crippen LogP contribution is -2.54. The van der Waals surface area contributed by atoms with Crippen LogP contribution in [0.4, 0.5) is 10.5 Å². The molecule has 2 aromatic carbocycles. The Bertz CT molecular complexity index is 1190. The van der Waals surface area contributed by atoms with E-state index in [0.29, 0.717) is 16.3 Å². The Kier molecular flexibility index (Phi) is 9.42. The minimum atomic E-state index is -0.982. The van der Waals surface area contributed by atoms with Gasteiger partial charge in [-0.1, -0.05) is 54.4 Å². The zero-order valence-electron chi connectivity index (χ0n) is 23.1. The quantitative estimate of drug-likeness (QED) is 0.346. The average molecular weight is 560 g/mol. The van der Waals surface area contributed by atoms with E-state index in [0.717, 1.165) is 23.1 Å². The number of nitrogens with one attached hydrogen (secondary N) is 2. The highest BCUT2D eigenvalue weighted by Gasteiger charge is 2.48. The Morgan fingerprint density at radius 2 is 1.79 bits per heavy atom. The van der Waals surface area contributed by atoms with Gasteiger partial charge in [0.05, 0.1) is 10.7 Å². The van der Waals surface area contributed by atoms with Crippen molar-refractivity contribution in [3.63, 3.8) is 0 Å². The van der Waals surface area contributed by atoms with Crippen LogP contribution in [0.2, 0.25) is 5.02 Å². The van der Waals surface area contributed by atoms with E-state index < -0.39 is 29.7 Å². The van der Waals surface area contributed by atoms with Crippen LogP contribution in [-0.2, 0) is 14.3 Å². The van der Waals surface area contributed by atoms with Crippen molar-refractivity contribution in [1.82, 2.24) is 10.2 Å². The Morgan fingerprint density at radius 1 is 1.13 bits per heavy atom. The largest absolute Gasteiger partial charge is 0.444 e. The van der Waals surface area contributed by atoms with E-state index in [9.17, 15) is 14.4 Å². The molecular weight excluding hydrogens is 522 g/mol. The first-order valence-electron chi connectivity index (χ1n) is 12.8. The molecule has 3 rings (SSSR count). The molecule has 1 aliphatic carbocycles. The van der Waals surface area contributed by atoms with Gasteiger partial charge in [0.25, 0.3) is 5.91 Å². The maximum absolute atomic E-state index is 14.1. The predicted molar refractivity (Wildman–Crippen MR) is 155 cm³/mol. The number of aryl methyl sites for hydroxylation is 3. The summed E-state index contributed by atoms with van der Waals surface area (Å²) in [6.45, 7) is 13.1. The van der Waals surface area contributed by atoms with Crippen LogP contribution in [-0.4, -0.2) is 46.2 Å². The maximum Gasteiger partial charge on any atom is 0.408 e. The molecule has 38 heavy (non-hydrogen) atoms. The number of nitrogens with zero attached hydrogens (tertiary/aromatic N) is 1. The minimum Gasteiger partial charge on any atom is -0.444 e. The van der Waals surface area contributed by atoms with Gasteiger partial charge in [-0.2, -0.15) is 12.6 Å². The van der Waals surface area contributed by atoms with E-state index in [4.69, 9.17) is 16.3 Å². The molecule has 1 aliphatic rings. The van der Waals surface area contributed by atoms with Crippen LogP contribution in [0.3, 0.4) is 0 Å². The molecule has 9 heteroatoms. The van der Waals surface area contributed by atoms with E-state index >= 15 is 0 Å². The zero-order chi connectivity index (χ0) is 28.4. The van der Waals surface area contributed by atoms with Gasteiger partial charge in [-0.25, -0.2) is 4.79 Å². The van der Waals surface area contributed by atoms with Crippen molar-refractivity contribution in [3.05, 3.63) is 63.7 Å². The smallest absolute Gasteiger partial charge is 0.408 e. The summed E-state index contributed by atoms with van der Waals surface area (Å²) in [4.78, 5) is 42.3. The first kappa shape index (κ1) is 29.8. The summed E-state index contributed by atoms with van der Waals surface area (Å²) < 4.78 is 5.38. The molecule has 0 heterocycles. The molecule has 0 spiro atoms. The van der Waals surface area contributed by atoms with Gasteiger partial charge < -0.3 is 20.3 Å². The van der Waals surface area contributed by atoms with Gasteiger partial charge in [-0.05, 0) is 76.6 Å². The van der Waals surface area contributed by atoms with Crippen LogP contribution in [0, 0.1) is 26.7 Å². The molecule has 206 valence electrons. The van der Waals surface area contributed by atoms with Gasteiger partial charge in [-0.15, -0.1) is 0 Å². The summed E-state index contributed by atoms with van der Waals surface area (Å²) >= 11 is 10.8. The van der Waals surface area contributed by atoms with Crippen molar-refractivity contribution >= 4 is 47.8 Å². The molecule has 0 radical (unpaired) electrons. The lowest BCUT2D eigenvalue weighted by Gasteiger charge is -2.35. The molecule has 4 atom stereocenters. The highest BCUT2D eigenvalue weighted by atomic mass is 35.5. The number of anilines is 1. The van der Waals surface area contributed by atoms with Gasteiger partial charge >= 0.3 is 6.09 Å². The third-order valence-electron chi connectivity index (χ3n) is 6.57. The molecule has 0 aromatic heterocycles. The molecule has 3 amide bonds. The third kappa shape index (κ3) is 7.23. The summed E-state index contributed by atoms with van der Waals surface area (Å²) in [6.07, 6.45) is 0.0324. The number of para-hydroxylation sites is 1. The fourth-order valence-corrected chi connectivity index (χ4v) is 5.04. The van der Waals surface area contributed by atoms with E-state index in [1.54, 1.807) is 31.7 Å². The Morgan fingerprint density at radius 3 is 2.32 bits per heavy atom. The molecule has 1 saturated carbocycles. The second-order valence-corrected chi connectivity index (χ2v) is 11.9. The molecule has 0 bridgehead atoms. The number of halogens is 1. The predicted octanol–water partition coefficient (Wildman–Crippen LogP) is 6.01. The van der Waals surface area contributed by atoms with Crippen LogP contribution < -0.4 is 10.6 Å².